The van der Waals surface area contributed by atoms with Crippen molar-refractivity contribution in [3.8, 4) is 0 Å². The fourth-order valence-corrected chi connectivity index (χ4v) is 5.23. The topological polar surface area (TPSA) is 304 Å². The van der Waals surface area contributed by atoms with E-state index in [1.54, 1.807) is 7.05 Å². The van der Waals surface area contributed by atoms with Crippen LogP contribution < -0.4 is 16.8 Å². The fourth-order valence-electron chi connectivity index (χ4n) is 5.23. The Kier molecular flexibility index (Phi) is 9.86. The molecule has 0 bridgehead atoms. The van der Waals surface area contributed by atoms with E-state index in [-0.39, 0.29) is 11.9 Å². The molecule has 1 saturated carbocycles. The van der Waals surface area contributed by atoms with Gasteiger partial charge in [0, 0.05) is 12.1 Å². The lowest BCUT2D eigenvalue weighted by Gasteiger charge is -2.46. The maximum absolute atomic E-state index is 10.7. The molecule has 0 radical (unpaired) electrons. The zero-order valence-corrected chi connectivity index (χ0v) is 20.1. The molecule has 1 aliphatic carbocycles. The smallest absolute Gasteiger partial charge is 0.314 e. The van der Waals surface area contributed by atoms with Crippen LogP contribution in [0.3, 0.4) is 0 Å². The van der Waals surface area contributed by atoms with Gasteiger partial charge in [-0.1, -0.05) is 0 Å². The third-order valence-corrected chi connectivity index (χ3v) is 7.42. The van der Waals surface area contributed by atoms with Gasteiger partial charge in [-0.05, 0) is 13.5 Å². The molecule has 4 fully saturated rings. The Morgan fingerprint density at radius 1 is 0.946 bits per heavy atom. The predicted octanol–water partition coefficient (Wildman–Crippen LogP) is -8.10. The molecule has 3 heterocycles. The van der Waals surface area contributed by atoms with E-state index in [0.29, 0.717) is 0 Å². The first-order chi connectivity index (χ1) is 17.0. The minimum absolute atomic E-state index is 0. The normalized spacial score (nSPS) is 52.9. The van der Waals surface area contributed by atoms with Crippen molar-refractivity contribution in [3.63, 3.8) is 0 Å². The quantitative estimate of drug-likeness (QED) is 0.148. The fraction of sp³-hybridized carbons (Fsp3) is 1.00. The number of fused-ring (bicyclic) bond motifs is 1. The first kappa shape index (κ1) is 30.9. The highest BCUT2D eigenvalue weighted by Gasteiger charge is 2.67. The molecular formula is C20H39N3O14. The van der Waals surface area contributed by atoms with E-state index in [1.165, 1.54) is 0 Å². The van der Waals surface area contributed by atoms with Gasteiger partial charge in [-0.3, -0.25) is 0 Å². The van der Waals surface area contributed by atoms with Crippen LogP contribution in [0, 0.1) is 0 Å². The Hall–Kier alpha value is -0.680. The van der Waals surface area contributed by atoms with E-state index in [1.807, 2.05) is 0 Å². The molecule has 4 aliphatic rings. The summed E-state index contributed by atoms with van der Waals surface area (Å²) >= 11 is 0. The first-order valence-electron chi connectivity index (χ1n) is 11.8. The summed E-state index contributed by atoms with van der Waals surface area (Å²) in [6.45, 7) is -1.33. The van der Waals surface area contributed by atoms with E-state index in [4.69, 9.17) is 35.2 Å². The second-order valence-electron chi connectivity index (χ2n) is 9.72. The Labute approximate surface area is 211 Å². The number of ether oxygens (including phenoxy) is 5. The standard InChI is InChI=1S/C20H37N3O13.H2O/c1-23-7-2-5(21)9(26)15(10(7)27)33-19-17-16(11(28)8(4-25)32-19)35-20(36-17)18(31)13(30)12(29)14(34-20)6(22)3-24;/h5-19,23-31H,2-4,21-22H2,1H3;1H2/t5-,6+,7+,8-,9+,10-,11+,12-,13+,14-,15-,16+,17+,18-,19+,20?;/m1./s1. The zero-order chi connectivity index (χ0) is 26.5. The van der Waals surface area contributed by atoms with E-state index in [9.17, 15) is 40.9 Å². The monoisotopic (exact) mass is 545 g/mol. The molecule has 0 aromatic carbocycles. The molecule has 0 aromatic heterocycles. The van der Waals surface area contributed by atoms with Gasteiger partial charge in [-0.15, -0.1) is 0 Å². The summed E-state index contributed by atoms with van der Waals surface area (Å²) in [5.74, 6) is -2.48. The molecule has 0 aromatic rings. The van der Waals surface area contributed by atoms with Crippen LogP contribution >= 0.6 is 0 Å². The molecule has 17 heteroatoms. The van der Waals surface area contributed by atoms with Gasteiger partial charge in [0.2, 0.25) is 0 Å². The molecule has 218 valence electrons. The number of aliphatic hydroxyl groups is 8. The lowest BCUT2D eigenvalue weighted by Crippen LogP contribution is -2.69. The third-order valence-electron chi connectivity index (χ3n) is 7.42. The maximum Gasteiger partial charge on any atom is 0.314 e. The van der Waals surface area contributed by atoms with Crippen LogP contribution in [0.1, 0.15) is 6.42 Å². The van der Waals surface area contributed by atoms with Crippen molar-refractivity contribution in [2.24, 2.45) is 11.5 Å². The first-order valence-corrected chi connectivity index (χ1v) is 11.8. The highest BCUT2D eigenvalue weighted by Crippen LogP contribution is 2.45. The van der Waals surface area contributed by atoms with Crippen molar-refractivity contribution in [2.45, 2.75) is 104 Å². The number of hydrogen-bond donors (Lipinski definition) is 11. The number of aliphatic hydroxyl groups excluding tert-OH is 8. The van der Waals surface area contributed by atoms with Crippen LogP contribution in [0.15, 0.2) is 0 Å². The molecule has 3 aliphatic heterocycles. The van der Waals surface area contributed by atoms with E-state index in [2.05, 4.69) is 5.32 Å². The summed E-state index contributed by atoms with van der Waals surface area (Å²) < 4.78 is 28.7. The number of nitrogens with two attached hydrogens (primary N) is 2. The van der Waals surface area contributed by atoms with Crippen LogP contribution in [0.5, 0.6) is 0 Å². The number of nitrogens with one attached hydrogen (secondary N) is 1. The van der Waals surface area contributed by atoms with Gasteiger partial charge in [0.15, 0.2) is 12.4 Å². The average Bonchev–Trinajstić information content (AvgIpc) is 3.27. The predicted molar refractivity (Wildman–Crippen MR) is 118 cm³/mol. The molecule has 15 N–H and O–H groups in total. The molecule has 1 spiro atoms. The van der Waals surface area contributed by atoms with Crippen LogP contribution in [0.4, 0.5) is 0 Å². The van der Waals surface area contributed by atoms with Crippen molar-refractivity contribution in [2.75, 3.05) is 20.3 Å². The van der Waals surface area contributed by atoms with Crippen LogP contribution in [-0.4, -0.2) is 164 Å². The average molecular weight is 546 g/mol. The van der Waals surface area contributed by atoms with Gasteiger partial charge < -0.3 is 86.8 Å². The summed E-state index contributed by atoms with van der Waals surface area (Å²) in [4.78, 5) is 0. The summed E-state index contributed by atoms with van der Waals surface area (Å²) in [5, 5.41) is 85.6. The van der Waals surface area contributed by atoms with Crippen molar-refractivity contribution in [1.82, 2.24) is 5.32 Å². The van der Waals surface area contributed by atoms with Crippen LogP contribution in [-0.2, 0) is 23.7 Å². The lowest BCUT2D eigenvalue weighted by atomic mass is 9.84. The van der Waals surface area contributed by atoms with Gasteiger partial charge in [-0.2, -0.15) is 0 Å². The summed E-state index contributed by atoms with van der Waals surface area (Å²) in [7, 11) is 1.60. The Bertz CT molecular complexity index is 757. The second-order valence-corrected chi connectivity index (χ2v) is 9.72. The third kappa shape index (κ3) is 5.26. The molecule has 37 heavy (non-hydrogen) atoms. The molecule has 16 atom stereocenters. The van der Waals surface area contributed by atoms with Gasteiger partial charge in [0.05, 0.1) is 31.5 Å². The summed E-state index contributed by atoms with van der Waals surface area (Å²) in [6.07, 6.45) is -17.7. The van der Waals surface area contributed by atoms with Gasteiger partial charge >= 0.3 is 5.97 Å². The van der Waals surface area contributed by atoms with E-state index in [0.717, 1.165) is 0 Å². The van der Waals surface area contributed by atoms with Crippen molar-refractivity contribution in [3.05, 3.63) is 0 Å². The maximum atomic E-state index is 10.7. The number of rotatable bonds is 6. The second kappa shape index (κ2) is 11.8. The molecule has 17 nitrogen and oxygen atoms in total. The van der Waals surface area contributed by atoms with Crippen molar-refractivity contribution < 1.29 is 70.0 Å². The SMILES string of the molecule is CN[C@H]1C[C@@H](N)[C@H](O)[C@@H](O[C@@H]2O[C@H](CO)[C@H](O)[C@@H]3OC4(O[C@H]23)O[C@H]([C@@H](N)CO)[C@H](O)[C@H](O)[C@H]4O)[C@@H]1O.O. The highest BCUT2D eigenvalue weighted by molar-refractivity contribution is 5.05. The van der Waals surface area contributed by atoms with Crippen LogP contribution in [0.2, 0.25) is 0 Å². The Balaban J connectivity index is 0.00000380. The number of hydrogen-bond acceptors (Lipinski definition) is 16. The molecule has 3 saturated heterocycles. The molecule has 0 amide bonds. The van der Waals surface area contributed by atoms with Gasteiger partial charge in [0.25, 0.3) is 0 Å². The van der Waals surface area contributed by atoms with Crippen molar-refractivity contribution in [1.29, 1.82) is 0 Å². The van der Waals surface area contributed by atoms with Gasteiger partial charge in [-0.25, -0.2) is 0 Å². The highest BCUT2D eigenvalue weighted by atomic mass is 16.9. The Morgan fingerprint density at radius 3 is 2.19 bits per heavy atom. The minimum Gasteiger partial charge on any atom is -0.412 e. The summed E-state index contributed by atoms with van der Waals surface area (Å²) in [6, 6.07) is -2.50. The lowest BCUT2D eigenvalue weighted by molar-refractivity contribution is -0.439. The number of likely N-dealkylation sites (N-methyl/N-ethyl adjacent to an activating group) is 1. The minimum atomic E-state index is -2.48. The molecular weight excluding hydrogens is 506 g/mol. The molecule has 4 rings (SSSR count). The van der Waals surface area contributed by atoms with E-state index < -0.39 is 111 Å². The van der Waals surface area contributed by atoms with Crippen molar-refractivity contribution >= 4 is 0 Å². The largest absolute Gasteiger partial charge is 0.412 e. The van der Waals surface area contributed by atoms with Gasteiger partial charge in [0.1, 0.15) is 48.8 Å². The zero-order valence-electron chi connectivity index (χ0n) is 20.1. The van der Waals surface area contributed by atoms with E-state index >= 15 is 0 Å². The van der Waals surface area contributed by atoms with Crippen LogP contribution in [0.25, 0.3) is 0 Å². The Morgan fingerprint density at radius 2 is 1.59 bits per heavy atom. The molecule has 1 unspecified atom stereocenters. The summed E-state index contributed by atoms with van der Waals surface area (Å²) in [5.41, 5.74) is 11.8.